The number of carbonyl (C=O) groups excluding carboxylic acids is 1. The summed E-state index contributed by atoms with van der Waals surface area (Å²) < 4.78 is 5.10. The first-order valence-electron chi connectivity index (χ1n) is 6.61. The number of ether oxygens (including phenoxy) is 1. The Balaban J connectivity index is 1.77. The predicted octanol–water partition coefficient (Wildman–Crippen LogP) is 3.71. The van der Waals surface area contributed by atoms with Crippen molar-refractivity contribution in [1.29, 1.82) is 0 Å². The molecular weight excluding hydrogens is 288 g/mol. The van der Waals surface area contributed by atoms with Gasteiger partial charge >= 0.3 is 6.03 Å². The molecule has 0 aliphatic carbocycles. The smallest absolute Gasteiger partial charge is 0.319 e. The van der Waals surface area contributed by atoms with E-state index in [0.717, 1.165) is 17.7 Å². The van der Waals surface area contributed by atoms with Crippen LogP contribution in [0.25, 0.3) is 0 Å². The van der Waals surface area contributed by atoms with Gasteiger partial charge in [-0.2, -0.15) is 0 Å². The molecule has 0 aromatic heterocycles. The second kappa shape index (κ2) is 7.55. The Labute approximate surface area is 129 Å². The molecule has 5 heteroatoms. The molecule has 4 nitrogen and oxygen atoms in total. The van der Waals surface area contributed by atoms with Gasteiger partial charge in [-0.3, -0.25) is 0 Å². The molecule has 0 aliphatic heterocycles. The van der Waals surface area contributed by atoms with E-state index in [-0.39, 0.29) is 6.03 Å². The minimum Gasteiger partial charge on any atom is -0.497 e. The van der Waals surface area contributed by atoms with Crippen LogP contribution >= 0.6 is 11.6 Å². The average Bonchev–Trinajstić information content (AvgIpc) is 2.50. The van der Waals surface area contributed by atoms with E-state index in [0.29, 0.717) is 17.3 Å². The third-order valence-corrected chi connectivity index (χ3v) is 3.31. The number of nitrogens with one attached hydrogen (secondary N) is 2. The van der Waals surface area contributed by atoms with Crippen molar-refractivity contribution >= 4 is 23.3 Å². The lowest BCUT2D eigenvalue weighted by atomic mass is 10.1. The molecule has 2 rings (SSSR count). The van der Waals surface area contributed by atoms with Gasteiger partial charge in [-0.1, -0.05) is 35.9 Å². The summed E-state index contributed by atoms with van der Waals surface area (Å²) >= 11 is 5.97. The van der Waals surface area contributed by atoms with Gasteiger partial charge in [-0.15, -0.1) is 0 Å². The number of hydrogen-bond acceptors (Lipinski definition) is 2. The van der Waals surface area contributed by atoms with E-state index < -0.39 is 0 Å². The van der Waals surface area contributed by atoms with Crippen molar-refractivity contribution in [1.82, 2.24) is 5.32 Å². The Kier molecular flexibility index (Phi) is 5.46. The summed E-state index contributed by atoms with van der Waals surface area (Å²) in [5.41, 5.74) is 1.73. The van der Waals surface area contributed by atoms with Gasteiger partial charge in [-0.25, -0.2) is 4.79 Å². The zero-order chi connectivity index (χ0) is 15.1. The summed E-state index contributed by atoms with van der Waals surface area (Å²) in [7, 11) is 1.63. The Morgan fingerprint density at radius 3 is 2.52 bits per heavy atom. The molecule has 0 atom stereocenters. The van der Waals surface area contributed by atoms with Crippen LogP contribution in [0.3, 0.4) is 0 Å². The van der Waals surface area contributed by atoms with Crippen molar-refractivity contribution in [2.24, 2.45) is 0 Å². The molecule has 2 N–H and O–H groups in total. The van der Waals surface area contributed by atoms with Gasteiger partial charge in [0.25, 0.3) is 0 Å². The lowest BCUT2D eigenvalue weighted by Crippen LogP contribution is -2.30. The van der Waals surface area contributed by atoms with Crippen molar-refractivity contribution in [3.63, 3.8) is 0 Å². The molecule has 0 saturated carbocycles. The second-order valence-corrected chi connectivity index (χ2v) is 4.87. The summed E-state index contributed by atoms with van der Waals surface area (Å²) in [6.07, 6.45) is 0.750. The number of amides is 2. The van der Waals surface area contributed by atoms with E-state index in [9.17, 15) is 4.79 Å². The highest BCUT2D eigenvalue weighted by Gasteiger charge is 2.04. The highest BCUT2D eigenvalue weighted by molar-refractivity contribution is 6.33. The monoisotopic (exact) mass is 304 g/mol. The van der Waals surface area contributed by atoms with E-state index >= 15 is 0 Å². The summed E-state index contributed by atoms with van der Waals surface area (Å²) in [6, 6.07) is 14.6. The summed E-state index contributed by atoms with van der Waals surface area (Å²) in [6.45, 7) is 0.544. The number of halogens is 1. The molecular formula is C16H17ClN2O2. The Morgan fingerprint density at radius 1 is 1.14 bits per heavy atom. The fourth-order valence-electron chi connectivity index (χ4n) is 1.84. The van der Waals surface area contributed by atoms with Gasteiger partial charge in [0.05, 0.1) is 17.8 Å². The number of methoxy groups -OCH3 is 1. The number of para-hydroxylation sites is 1. The van der Waals surface area contributed by atoms with Gasteiger partial charge in [0.1, 0.15) is 5.75 Å². The highest BCUT2D eigenvalue weighted by atomic mass is 35.5. The van der Waals surface area contributed by atoms with Gasteiger partial charge in [0, 0.05) is 6.54 Å². The van der Waals surface area contributed by atoms with Crippen LogP contribution in [0.2, 0.25) is 5.02 Å². The van der Waals surface area contributed by atoms with Crippen LogP contribution in [0.4, 0.5) is 10.5 Å². The summed E-state index contributed by atoms with van der Waals surface area (Å²) in [4.78, 5) is 11.8. The van der Waals surface area contributed by atoms with Crippen molar-refractivity contribution in [2.75, 3.05) is 19.0 Å². The van der Waals surface area contributed by atoms with Gasteiger partial charge in [-0.05, 0) is 36.2 Å². The van der Waals surface area contributed by atoms with Crippen LogP contribution in [0.1, 0.15) is 5.56 Å². The minimum atomic E-state index is -0.267. The zero-order valence-corrected chi connectivity index (χ0v) is 12.5. The second-order valence-electron chi connectivity index (χ2n) is 4.46. The molecule has 0 heterocycles. The number of anilines is 1. The molecule has 0 unspecified atom stereocenters. The van der Waals surface area contributed by atoms with Crippen molar-refractivity contribution in [3.05, 3.63) is 59.1 Å². The fourth-order valence-corrected chi connectivity index (χ4v) is 2.02. The number of rotatable bonds is 5. The molecule has 0 aliphatic rings. The van der Waals surface area contributed by atoms with Gasteiger partial charge in [0.15, 0.2) is 0 Å². The first kappa shape index (κ1) is 15.2. The first-order valence-corrected chi connectivity index (χ1v) is 6.99. The van der Waals surface area contributed by atoms with E-state index in [2.05, 4.69) is 10.6 Å². The van der Waals surface area contributed by atoms with Crippen molar-refractivity contribution in [3.8, 4) is 5.75 Å². The van der Waals surface area contributed by atoms with Crippen LogP contribution in [-0.4, -0.2) is 19.7 Å². The SMILES string of the molecule is COc1ccc(CCNC(=O)Nc2ccccc2Cl)cc1. The van der Waals surface area contributed by atoms with E-state index in [1.807, 2.05) is 36.4 Å². The molecule has 2 aromatic carbocycles. The fraction of sp³-hybridized carbons (Fsp3) is 0.188. The molecule has 21 heavy (non-hydrogen) atoms. The lowest BCUT2D eigenvalue weighted by molar-refractivity contribution is 0.252. The van der Waals surface area contributed by atoms with Crippen LogP contribution in [-0.2, 0) is 6.42 Å². The summed E-state index contributed by atoms with van der Waals surface area (Å²) in [5, 5.41) is 6.02. The molecule has 110 valence electrons. The molecule has 0 radical (unpaired) electrons. The molecule has 0 bridgehead atoms. The number of urea groups is 1. The standard InChI is InChI=1S/C16H17ClN2O2/c1-21-13-8-6-12(7-9-13)10-11-18-16(20)19-15-5-3-2-4-14(15)17/h2-9H,10-11H2,1H3,(H2,18,19,20). The van der Waals surface area contributed by atoms with Crippen molar-refractivity contribution < 1.29 is 9.53 Å². The topological polar surface area (TPSA) is 50.4 Å². The normalized spacial score (nSPS) is 10.0. The molecule has 2 amide bonds. The van der Waals surface area contributed by atoms with Crippen LogP contribution in [0.15, 0.2) is 48.5 Å². The van der Waals surface area contributed by atoms with Gasteiger partial charge in [0.2, 0.25) is 0 Å². The van der Waals surface area contributed by atoms with Crippen LogP contribution < -0.4 is 15.4 Å². The summed E-state index contributed by atoms with van der Waals surface area (Å²) in [5.74, 6) is 0.822. The third-order valence-electron chi connectivity index (χ3n) is 2.98. The number of hydrogen-bond donors (Lipinski definition) is 2. The largest absolute Gasteiger partial charge is 0.497 e. The van der Waals surface area contributed by atoms with E-state index in [1.165, 1.54) is 0 Å². The van der Waals surface area contributed by atoms with Crippen LogP contribution in [0, 0.1) is 0 Å². The molecule has 0 saturated heterocycles. The Hall–Kier alpha value is -2.20. The quantitative estimate of drug-likeness (QED) is 0.884. The van der Waals surface area contributed by atoms with E-state index in [4.69, 9.17) is 16.3 Å². The number of carbonyl (C=O) groups is 1. The average molecular weight is 305 g/mol. The van der Waals surface area contributed by atoms with Crippen LogP contribution in [0.5, 0.6) is 5.75 Å². The lowest BCUT2D eigenvalue weighted by Gasteiger charge is -2.09. The van der Waals surface area contributed by atoms with Crippen molar-refractivity contribution in [2.45, 2.75) is 6.42 Å². The molecule has 2 aromatic rings. The maximum absolute atomic E-state index is 11.8. The maximum Gasteiger partial charge on any atom is 0.319 e. The third kappa shape index (κ3) is 4.68. The Morgan fingerprint density at radius 2 is 1.86 bits per heavy atom. The zero-order valence-electron chi connectivity index (χ0n) is 11.7. The van der Waals surface area contributed by atoms with Gasteiger partial charge < -0.3 is 15.4 Å². The Bertz CT molecular complexity index is 599. The molecule has 0 fully saturated rings. The van der Waals surface area contributed by atoms with E-state index in [1.54, 1.807) is 19.2 Å². The first-order chi connectivity index (χ1) is 10.2. The molecule has 0 spiro atoms. The minimum absolute atomic E-state index is 0.267. The maximum atomic E-state index is 11.8. The predicted molar refractivity (Wildman–Crippen MR) is 85.2 cm³/mol. The highest BCUT2D eigenvalue weighted by Crippen LogP contribution is 2.20. The number of benzene rings is 2.